The first-order valence-corrected chi connectivity index (χ1v) is 4.39. The molecule has 13 heavy (non-hydrogen) atoms. The van der Waals surface area contributed by atoms with Gasteiger partial charge in [0.15, 0.2) is 0 Å². The molecule has 4 heteroatoms. The minimum atomic E-state index is -0.210. The van der Waals surface area contributed by atoms with Crippen LogP contribution < -0.4 is 0 Å². The second-order valence-electron chi connectivity index (χ2n) is 2.96. The number of H-pyrrole nitrogens is 1. The van der Waals surface area contributed by atoms with Gasteiger partial charge in [-0.05, 0) is 13.3 Å². The van der Waals surface area contributed by atoms with Crippen LogP contribution in [-0.2, 0) is 16.0 Å². The number of carbonyl (C=O) groups excluding carboxylic acids is 1. The lowest BCUT2D eigenvalue weighted by Gasteiger charge is -2.09. The summed E-state index contributed by atoms with van der Waals surface area (Å²) in [6, 6.07) is 0. The fourth-order valence-electron chi connectivity index (χ4n) is 0.886. The minimum absolute atomic E-state index is 0.00424. The van der Waals surface area contributed by atoms with Gasteiger partial charge >= 0.3 is 5.97 Å². The number of ether oxygens (including phenoxy) is 1. The minimum Gasteiger partial charge on any atom is -0.462 e. The van der Waals surface area contributed by atoms with Crippen LogP contribution >= 0.6 is 0 Å². The number of aromatic nitrogens is 2. The fourth-order valence-corrected chi connectivity index (χ4v) is 0.886. The van der Waals surface area contributed by atoms with Gasteiger partial charge < -0.3 is 9.72 Å². The van der Waals surface area contributed by atoms with Gasteiger partial charge in [0.1, 0.15) is 0 Å². The summed E-state index contributed by atoms with van der Waals surface area (Å²) >= 11 is 0. The van der Waals surface area contributed by atoms with Gasteiger partial charge in [-0.1, -0.05) is 6.92 Å². The highest BCUT2D eigenvalue weighted by atomic mass is 16.5. The molecule has 1 N–H and O–H groups in total. The summed E-state index contributed by atoms with van der Waals surface area (Å²) in [6.45, 7) is 3.86. The van der Waals surface area contributed by atoms with Gasteiger partial charge in [0, 0.05) is 11.9 Å². The summed E-state index contributed by atoms with van der Waals surface area (Å²) in [6.07, 6.45) is 4.28. The molecular formula is C9H14N2O2. The van der Waals surface area contributed by atoms with E-state index in [0.29, 0.717) is 0 Å². The Morgan fingerprint density at radius 3 is 3.08 bits per heavy atom. The Kier molecular flexibility index (Phi) is 3.49. The molecule has 0 aliphatic heterocycles. The van der Waals surface area contributed by atoms with Crippen molar-refractivity contribution in [3.05, 3.63) is 18.2 Å². The lowest BCUT2D eigenvalue weighted by atomic mass is 10.3. The molecular weight excluding hydrogens is 168 g/mol. The van der Waals surface area contributed by atoms with Crippen molar-refractivity contribution < 1.29 is 9.53 Å². The maximum Gasteiger partial charge on any atom is 0.312 e. The summed E-state index contributed by atoms with van der Waals surface area (Å²) in [5.74, 6) is -0.210. The molecule has 0 fully saturated rings. The predicted octanol–water partition coefficient (Wildman–Crippen LogP) is 1.29. The Labute approximate surface area is 77.3 Å². The maximum atomic E-state index is 11.2. The smallest absolute Gasteiger partial charge is 0.312 e. The van der Waals surface area contributed by atoms with Crippen LogP contribution in [0.2, 0.25) is 0 Å². The standard InChI is InChI=1S/C9H14N2O2/c1-3-7(2)13-9(12)4-8-5-10-6-11-8/h5-7H,3-4H2,1-2H3,(H,10,11). The average Bonchev–Trinajstić information content (AvgIpc) is 2.56. The van der Waals surface area contributed by atoms with E-state index >= 15 is 0 Å². The summed E-state index contributed by atoms with van der Waals surface area (Å²) in [5.41, 5.74) is 0.785. The first kappa shape index (κ1) is 9.77. The van der Waals surface area contributed by atoms with Crippen molar-refractivity contribution in [1.82, 2.24) is 9.97 Å². The molecule has 0 aromatic carbocycles. The van der Waals surface area contributed by atoms with E-state index in [-0.39, 0.29) is 18.5 Å². The summed E-state index contributed by atoms with van der Waals surface area (Å²) in [7, 11) is 0. The van der Waals surface area contributed by atoms with E-state index < -0.39 is 0 Å². The molecule has 4 nitrogen and oxygen atoms in total. The molecule has 0 aliphatic rings. The fraction of sp³-hybridized carbons (Fsp3) is 0.556. The van der Waals surface area contributed by atoms with Crippen molar-refractivity contribution in [1.29, 1.82) is 0 Å². The number of rotatable bonds is 4. The quantitative estimate of drug-likeness (QED) is 0.714. The summed E-state index contributed by atoms with van der Waals surface area (Å²) in [4.78, 5) is 17.9. The number of hydrogen-bond acceptors (Lipinski definition) is 3. The zero-order chi connectivity index (χ0) is 9.68. The molecule has 72 valence electrons. The lowest BCUT2D eigenvalue weighted by Crippen LogP contribution is -2.15. The van der Waals surface area contributed by atoms with Gasteiger partial charge in [0.2, 0.25) is 0 Å². The number of aromatic amines is 1. The molecule has 1 heterocycles. The van der Waals surface area contributed by atoms with Gasteiger partial charge in [0.25, 0.3) is 0 Å². The van der Waals surface area contributed by atoms with Crippen LogP contribution in [-0.4, -0.2) is 22.0 Å². The van der Waals surface area contributed by atoms with Crippen LogP contribution in [0.1, 0.15) is 26.0 Å². The third-order valence-electron chi connectivity index (χ3n) is 1.80. The maximum absolute atomic E-state index is 11.2. The molecule has 0 spiro atoms. The lowest BCUT2D eigenvalue weighted by molar-refractivity contribution is -0.147. The molecule has 1 aromatic rings. The Bertz CT molecular complexity index is 257. The second kappa shape index (κ2) is 4.64. The molecule has 1 atom stereocenters. The van der Waals surface area contributed by atoms with E-state index in [0.717, 1.165) is 12.1 Å². The molecule has 1 unspecified atom stereocenters. The van der Waals surface area contributed by atoms with E-state index in [1.165, 1.54) is 0 Å². The van der Waals surface area contributed by atoms with Gasteiger partial charge in [0.05, 0.1) is 18.9 Å². The average molecular weight is 182 g/mol. The molecule has 0 aliphatic carbocycles. The van der Waals surface area contributed by atoms with Gasteiger partial charge in [-0.3, -0.25) is 4.79 Å². The number of esters is 1. The number of nitrogens with zero attached hydrogens (tertiary/aromatic N) is 1. The van der Waals surface area contributed by atoms with Gasteiger partial charge in [-0.25, -0.2) is 4.98 Å². The van der Waals surface area contributed by atoms with Crippen molar-refractivity contribution in [3.63, 3.8) is 0 Å². The Balaban J connectivity index is 2.34. The van der Waals surface area contributed by atoms with E-state index in [9.17, 15) is 4.79 Å². The van der Waals surface area contributed by atoms with E-state index in [2.05, 4.69) is 9.97 Å². The van der Waals surface area contributed by atoms with E-state index in [4.69, 9.17) is 4.74 Å². The van der Waals surface area contributed by atoms with Gasteiger partial charge in [-0.15, -0.1) is 0 Å². The van der Waals surface area contributed by atoms with Crippen molar-refractivity contribution >= 4 is 5.97 Å². The first-order valence-electron chi connectivity index (χ1n) is 4.39. The highest BCUT2D eigenvalue weighted by Gasteiger charge is 2.08. The molecule has 0 saturated carbocycles. The van der Waals surface area contributed by atoms with E-state index in [1.54, 1.807) is 12.5 Å². The molecule has 0 amide bonds. The highest BCUT2D eigenvalue weighted by Crippen LogP contribution is 2.00. The number of carbonyl (C=O) groups is 1. The third-order valence-corrected chi connectivity index (χ3v) is 1.80. The van der Waals surface area contributed by atoms with Crippen molar-refractivity contribution in [2.24, 2.45) is 0 Å². The molecule has 1 aromatic heterocycles. The molecule has 0 bridgehead atoms. The van der Waals surface area contributed by atoms with Crippen LogP contribution in [0, 0.1) is 0 Å². The van der Waals surface area contributed by atoms with Crippen LogP contribution in [0.15, 0.2) is 12.5 Å². The SMILES string of the molecule is CCC(C)OC(=O)Cc1cnc[nH]1. The summed E-state index contributed by atoms with van der Waals surface area (Å²) in [5, 5.41) is 0. The second-order valence-corrected chi connectivity index (χ2v) is 2.96. The van der Waals surface area contributed by atoms with Crippen LogP contribution in [0.25, 0.3) is 0 Å². The summed E-state index contributed by atoms with van der Waals surface area (Å²) < 4.78 is 5.09. The van der Waals surface area contributed by atoms with Crippen LogP contribution in [0.4, 0.5) is 0 Å². The van der Waals surface area contributed by atoms with Crippen LogP contribution in [0.5, 0.6) is 0 Å². The van der Waals surface area contributed by atoms with Crippen molar-refractivity contribution in [2.45, 2.75) is 32.8 Å². The Hall–Kier alpha value is -1.32. The van der Waals surface area contributed by atoms with Crippen molar-refractivity contribution in [3.8, 4) is 0 Å². The Morgan fingerprint density at radius 2 is 2.54 bits per heavy atom. The number of nitrogens with one attached hydrogen (secondary N) is 1. The topological polar surface area (TPSA) is 55.0 Å². The zero-order valence-corrected chi connectivity index (χ0v) is 7.91. The van der Waals surface area contributed by atoms with Crippen molar-refractivity contribution in [2.75, 3.05) is 0 Å². The molecule has 1 rings (SSSR count). The predicted molar refractivity (Wildman–Crippen MR) is 48.1 cm³/mol. The Morgan fingerprint density at radius 1 is 1.77 bits per heavy atom. The third kappa shape index (κ3) is 3.27. The number of imidazole rings is 1. The monoisotopic (exact) mass is 182 g/mol. The first-order chi connectivity index (χ1) is 6.22. The van der Waals surface area contributed by atoms with Gasteiger partial charge in [-0.2, -0.15) is 0 Å². The number of hydrogen-bond donors (Lipinski definition) is 1. The normalized spacial score (nSPS) is 12.5. The zero-order valence-electron chi connectivity index (χ0n) is 7.91. The van der Waals surface area contributed by atoms with E-state index in [1.807, 2.05) is 13.8 Å². The van der Waals surface area contributed by atoms with Crippen LogP contribution in [0.3, 0.4) is 0 Å². The molecule has 0 radical (unpaired) electrons. The highest BCUT2D eigenvalue weighted by molar-refractivity contribution is 5.72. The molecule has 0 saturated heterocycles. The largest absolute Gasteiger partial charge is 0.462 e.